The molecule has 0 aliphatic carbocycles. The number of imidazole rings is 1. The summed E-state index contributed by atoms with van der Waals surface area (Å²) in [5.74, 6) is -0.327. The van der Waals surface area contributed by atoms with E-state index in [0.29, 0.717) is 25.9 Å². The van der Waals surface area contributed by atoms with E-state index in [1.165, 1.54) is 18.2 Å². The largest absolute Gasteiger partial charge is 0.416 e. The number of H-pyrrole nitrogens is 1. The topological polar surface area (TPSA) is 58.1 Å². The Hall–Kier alpha value is -3.03. The fraction of sp³-hybridized carbons (Fsp3) is 0.333. The van der Waals surface area contributed by atoms with E-state index in [9.17, 15) is 22.8 Å². The van der Waals surface area contributed by atoms with Gasteiger partial charge in [-0.15, -0.1) is 0 Å². The van der Waals surface area contributed by atoms with Crippen LogP contribution >= 0.6 is 0 Å². The van der Waals surface area contributed by atoms with Crippen molar-refractivity contribution >= 4 is 16.9 Å². The highest BCUT2D eigenvalue weighted by Gasteiger charge is 2.34. The van der Waals surface area contributed by atoms with Gasteiger partial charge in [0.25, 0.3) is 0 Å². The SMILES string of the molecule is O=C(Cc1ccccc1C(F)(F)F)N1CCC(n2c(=O)[nH]c3ccccc32)CC1. The summed E-state index contributed by atoms with van der Waals surface area (Å²) in [6.07, 6.45) is -3.61. The summed E-state index contributed by atoms with van der Waals surface area (Å²) in [5.41, 5.74) is 0.616. The predicted octanol–water partition coefficient (Wildman–Crippen LogP) is 3.75. The van der Waals surface area contributed by atoms with Gasteiger partial charge in [0.15, 0.2) is 0 Å². The average Bonchev–Trinajstić information content (AvgIpc) is 3.03. The molecular weight excluding hydrogens is 383 g/mol. The van der Waals surface area contributed by atoms with Gasteiger partial charge in [0, 0.05) is 19.1 Å². The summed E-state index contributed by atoms with van der Waals surface area (Å²) in [6.45, 7) is 0.813. The average molecular weight is 403 g/mol. The van der Waals surface area contributed by atoms with Crippen molar-refractivity contribution in [2.24, 2.45) is 0 Å². The molecule has 0 radical (unpaired) electrons. The lowest BCUT2D eigenvalue weighted by molar-refractivity contribution is -0.138. The van der Waals surface area contributed by atoms with Crippen molar-refractivity contribution in [1.29, 1.82) is 0 Å². The Kier molecular flexibility index (Phi) is 4.94. The number of nitrogens with zero attached hydrogens (tertiary/aromatic N) is 2. The van der Waals surface area contributed by atoms with Gasteiger partial charge in [-0.3, -0.25) is 9.36 Å². The van der Waals surface area contributed by atoms with E-state index in [0.717, 1.165) is 17.1 Å². The zero-order chi connectivity index (χ0) is 20.6. The van der Waals surface area contributed by atoms with E-state index in [-0.39, 0.29) is 29.6 Å². The molecule has 1 N–H and O–H groups in total. The standard InChI is InChI=1S/C21H20F3N3O2/c22-21(23,24)16-6-2-1-5-14(16)13-19(28)26-11-9-15(10-12-26)27-18-8-4-3-7-17(18)25-20(27)29/h1-8,15H,9-13H2,(H,25,29). The first-order valence-electron chi connectivity index (χ1n) is 9.46. The van der Waals surface area contributed by atoms with E-state index in [1.54, 1.807) is 9.47 Å². The quantitative estimate of drug-likeness (QED) is 0.724. The predicted molar refractivity (Wildman–Crippen MR) is 103 cm³/mol. The molecule has 1 aliphatic rings. The molecule has 1 saturated heterocycles. The van der Waals surface area contributed by atoms with E-state index >= 15 is 0 Å². The number of carbonyl (C=O) groups is 1. The number of alkyl halides is 3. The Bertz CT molecular complexity index is 1090. The number of amides is 1. The van der Waals surface area contributed by atoms with Crippen LogP contribution in [0.1, 0.15) is 30.0 Å². The van der Waals surface area contributed by atoms with Crippen LogP contribution in [0.5, 0.6) is 0 Å². The lowest BCUT2D eigenvalue weighted by Crippen LogP contribution is -2.41. The third-order valence-corrected chi connectivity index (χ3v) is 5.47. The van der Waals surface area contributed by atoms with E-state index in [2.05, 4.69) is 4.98 Å². The number of likely N-dealkylation sites (tertiary alicyclic amines) is 1. The Balaban J connectivity index is 1.46. The molecule has 29 heavy (non-hydrogen) atoms. The van der Waals surface area contributed by atoms with Crippen LogP contribution in [-0.4, -0.2) is 33.4 Å². The lowest BCUT2D eigenvalue weighted by atomic mass is 10.0. The van der Waals surface area contributed by atoms with Crippen molar-refractivity contribution in [3.63, 3.8) is 0 Å². The number of fused-ring (bicyclic) bond motifs is 1. The van der Waals surface area contributed by atoms with Crippen molar-refractivity contribution < 1.29 is 18.0 Å². The van der Waals surface area contributed by atoms with Crippen molar-refractivity contribution in [3.8, 4) is 0 Å². The first-order valence-corrected chi connectivity index (χ1v) is 9.46. The highest BCUT2D eigenvalue weighted by Crippen LogP contribution is 2.32. The van der Waals surface area contributed by atoms with Crippen LogP contribution in [0.4, 0.5) is 13.2 Å². The van der Waals surface area contributed by atoms with Gasteiger partial charge in [-0.05, 0) is 36.6 Å². The molecule has 1 aromatic heterocycles. The summed E-state index contributed by atoms with van der Waals surface area (Å²) in [4.78, 5) is 29.4. The minimum atomic E-state index is -4.49. The van der Waals surface area contributed by atoms with Gasteiger partial charge in [-0.2, -0.15) is 13.2 Å². The van der Waals surface area contributed by atoms with Gasteiger partial charge in [-0.25, -0.2) is 4.79 Å². The second-order valence-electron chi connectivity index (χ2n) is 7.26. The highest BCUT2D eigenvalue weighted by molar-refractivity contribution is 5.79. The fourth-order valence-corrected chi connectivity index (χ4v) is 4.04. The molecule has 0 unspecified atom stereocenters. The third-order valence-electron chi connectivity index (χ3n) is 5.47. The third kappa shape index (κ3) is 3.79. The van der Waals surface area contributed by atoms with Gasteiger partial charge < -0.3 is 9.88 Å². The van der Waals surface area contributed by atoms with Gasteiger partial charge in [0.1, 0.15) is 0 Å². The Morgan fingerprint density at radius 1 is 1.03 bits per heavy atom. The Morgan fingerprint density at radius 2 is 1.69 bits per heavy atom. The number of nitrogens with one attached hydrogen (secondary N) is 1. The number of hydrogen-bond acceptors (Lipinski definition) is 2. The van der Waals surface area contributed by atoms with Crippen LogP contribution in [0.2, 0.25) is 0 Å². The van der Waals surface area contributed by atoms with Crippen LogP contribution in [-0.2, 0) is 17.4 Å². The number of benzene rings is 2. The number of aromatic nitrogens is 2. The minimum Gasteiger partial charge on any atom is -0.342 e. The van der Waals surface area contributed by atoms with Gasteiger partial charge >= 0.3 is 11.9 Å². The Labute approximate surface area is 164 Å². The molecule has 3 aromatic rings. The summed E-state index contributed by atoms with van der Waals surface area (Å²) < 4.78 is 41.2. The summed E-state index contributed by atoms with van der Waals surface area (Å²) in [7, 11) is 0. The van der Waals surface area contributed by atoms with Crippen LogP contribution < -0.4 is 5.69 Å². The van der Waals surface area contributed by atoms with E-state index in [1.807, 2.05) is 24.3 Å². The van der Waals surface area contributed by atoms with Crippen LogP contribution in [0, 0.1) is 0 Å². The molecule has 1 fully saturated rings. The number of rotatable bonds is 3. The molecule has 0 atom stereocenters. The second-order valence-corrected chi connectivity index (χ2v) is 7.26. The molecule has 5 nitrogen and oxygen atoms in total. The maximum absolute atomic E-state index is 13.2. The normalized spacial score (nSPS) is 15.8. The van der Waals surface area contributed by atoms with Crippen molar-refractivity contribution in [2.75, 3.05) is 13.1 Å². The Morgan fingerprint density at radius 3 is 2.41 bits per heavy atom. The highest BCUT2D eigenvalue weighted by atomic mass is 19.4. The maximum Gasteiger partial charge on any atom is 0.416 e. The number of carbonyl (C=O) groups excluding carboxylic acids is 1. The number of piperidine rings is 1. The smallest absolute Gasteiger partial charge is 0.342 e. The lowest BCUT2D eigenvalue weighted by Gasteiger charge is -2.32. The van der Waals surface area contributed by atoms with Crippen LogP contribution in [0.15, 0.2) is 53.3 Å². The molecule has 2 heterocycles. The number of halogens is 3. The van der Waals surface area contributed by atoms with Gasteiger partial charge in [0.05, 0.1) is 23.0 Å². The molecule has 1 amide bonds. The minimum absolute atomic E-state index is 0.0139. The number of para-hydroxylation sites is 2. The molecule has 1 aliphatic heterocycles. The van der Waals surface area contributed by atoms with Crippen LogP contribution in [0.25, 0.3) is 11.0 Å². The van der Waals surface area contributed by atoms with Crippen LogP contribution in [0.3, 0.4) is 0 Å². The number of aromatic amines is 1. The zero-order valence-electron chi connectivity index (χ0n) is 15.6. The van der Waals surface area contributed by atoms with Gasteiger partial charge in [-0.1, -0.05) is 30.3 Å². The maximum atomic E-state index is 13.2. The fourth-order valence-electron chi connectivity index (χ4n) is 4.04. The van der Waals surface area contributed by atoms with E-state index in [4.69, 9.17) is 0 Å². The molecule has 0 bridgehead atoms. The molecular formula is C21H20F3N3O2. The molecule has 0 saturated carbocycles. The zero-order valence-corrected chi connectivity index (χ0v) is 15.6. The summed E-state index contributed by atoms with van der Waals surface area (Å²) >= 11 is 0. The van der Waals surface area contributed by atoms with Gasteiger partial charge in [0.2, 0.25) is 5.91 Å². The first-order chi connectivity index (χ1) is 13.8. The number of hydrogen-bond donors (Lipinski definition) is 1. The molecule has 4 rings (SSSR count). The first kappa shape index (κ1) is 19.3. The van der Waals surface area contributed by atoms with Crippen molar-refractivity contribution in [1.82, 2.24) is 14.5 Å². The molecule has 8 heteroatoms. The van der Waals surface area contributed by atoms with E-state index < -0.39 is 11.7 Å². The molecule has 2 aromatic carbocycles. The molecule has 0 spiro atoms. The summed E-state index contributed by atoms with van der Waals surface area (Å²) in [5, 5.41) is 0. The second kappa shape index (κ2) is 7.42. The summed E-state index contributed by atoms with van der Waals surface area (Å²) in [6, 6.07) is 12.5. The van der Waals surface area contributed by atoms with Crippen molar-refractivity contribution in [3.05, 3.63) is 70.1 Å². The monoisotopic (exact) mass is 403 g/mol. The molecule has 152 valence electrons. The van der Waals surface area contributed by atoms with Crippen molar-refractivity contribution in [2.45, 2.75) is 31.5 Å².